The molecule has 0 atom stereocenters. The Hall–Kier alpha value is -1.96. The molecule has 3 aromatic rings. The third kappa shape index (κ3) is 4.41. The lowest BCUT2D eigenvalue weighted by Crippen LogP contribution is -2.24. The zero-order valence-electron chi connectivity index (χ0n) is 13.9. The second kappa shape index (κ2) is 8.62. The summed E-state index contributed by atoms with van der Waals surface area (Å²) in [4.78, 5) is 12.0. The number of carbonyl (C=O) groups is 1. The average Bonchev–Trinajstić information content (AvgIpc) is 3.29. The highest BCUT2D eigenvalue weighted by Gasteiger charge is 2.15. The van der Waals surface area contributed by atoms with Gasteiger partial charge < -0.3 is 14.3 Å². The number of halogens is 2. The van der Waals surface area contributed by atoms with Crippen LogP contribution in [0.3, 0.4) is 0 Å². The maximum atomic E-state index is 12.0. The van der Waals surface area contributed by atoms with E-state index in [2.05, 4.69) is 15.5 Å². The van der Waals surface area contributed by atoms with E-state index in [1.54, 1.807) is 24.5 Å². The number of nitrogens with zero attached hydrogens (tertiary/aromatic N) is 3. The van der Waals surface area contributed by atoms with Crippen molar-refractivity contribution in [3.8, 4) is 11.4 Å². The van der Waals surface area contributed by atoms with E-state index < -0.39 is 0 Å². The van der Waals surface area contributed by atoms with Crippen LogP contribution in [0.4, 0.5) is 0 Å². The lowest BCUT2D eigenvalue weighted by molar-refractivity contribution is -0.118. The van der Waals surface area contributed by atoms with Crippen LogP contribution in [0, 0.1) is 0 Å². The number of carbonyl (C=O) groups excluding carboxylic acids is 1. The minimum atomic E-state index is -0.104. The highest BCUT2D eigenvalue weighted by atomic mass is 35.5. The summed E-state index contributed by atoms with van der Waals surface area (Å²) in [7, 11) is 0. The molecule has 136 valence electrons. The molecule has 0 spiro atoms. The van der Waals surface area contributed by atoms with Crippen LogP contribution in [0.1, 0.15) is 12.7 Å². The fourth-order valence-corrected chi connectivity index (χ4v) is 3.44. The Bertz CT molecular complexity index is 896. The molecule has 0 saturated carbocycles. The predicted molar refractivity (Wildman–Crippen MR) is 102 cm³/mol. The molecule has 1 amide bonds. The van der Waals surface area contributed by atoms with Gasteiger partial charge in [0.05, 0.1) is 28.6 Å². The van der Waals surface area contributed by atoms with Crippen molar-refractivity contribution in [2.75, 3.05) is 5.75 Å². The molecular formula is C17H16Cl2N4O2S. The Balaban J connectivity index is 1.66. The molecule has 26 heavy (non-hydrogen) atoms. The van der Waals surface area contributed by atoms with Crippen molar-refractivity contribution in [2.24, 2.45) is 0 Å². The maximum absolute atomic E-state index is 12.0. The summed E-state index contributed by atoms with van der Waals surface area (Å²) in [5.74, 6) is 1.53. The normalized spacial score (nSPS) is 10.9. The smallest absolute Gasteiger partial charge is 0.230 e. The van der Waals surface area contributed by atoms with Crippen LogP contribution in [0.5, 0.6) is 0 Å². The van der Waals surface area contributed by atoms with Crippen molar-refractivity contribution in [3.63, 3.8) is 0 Å². The molecule has 6 nitrogen and oxygen atoms in total. The molecule has 2 heterocycles. The van der Waals surface area contributed by atoms with Gasteiger partial charge in [-0.15, -0.1) is 10.2 Å². The van der Waals surface area contributed by atoms with E-state index in [1.165, 1.54) is 11.8 Å². The number of thioether (sulfide) groups is 1. The molecule has 9 heteroatoms. The Kier molecular flexibility index (Phi) is 6.24. The first-order chi connectivity index (χ1) is 12.6. The Morgan fingerprint density at radius 1 is 1.27 bits per heavy atom. The first kappa shape index (κ1) is 18.8. The monoisotopic (exact) mass is 410 g/mol. The van der Waals surface area contributed by atoms with Crippen LogP contribution >= 0.6 is 35.0 Å². The molecular weight excluding hydrogens is 395 g/mol. The zero-order chi connectivity index (χ0) is 18.5. The SMILES string of the molecule is CCn1c(SCC(=O)NCc2ccco2)nnc1-c1ccc(Cl)c(Cl)c1. The topological polar surface area (TPSA) is 73.0 Å². The van der Waals surface area contributed by atoms with E-state index >= 15 is 0 Å². The second-order valence-electron chi connectivity index (χ2n) is 5.32. The first-order valence-corrected chi connectivity index (χ1v) is 9.63. The maximum Gasteiger partial charge on any atom is 0.230 e. The summed E-state index contributed by atoms with van der Waals surface area (Å²) < 4.78 is 7.12. The molecule has 1 N–H and O–H groups in total. The quantitative estimate of drug-likeness (QED) is 0.588. The number of furan rings is 1. The number of amides is 1. The van der Waals surface area contributed by atoms with Crippen molar-refractivity contribution in [3.05, 3.63) is 52.4 Å². The molecule has 0 fully saturated rings. The largest absolute Gasteiger partial charge is 0.467 e. The molecule has 0 aliphatic carbocycles. The molecule has 0 aliphatic rings. The van der Waals surface area contributed by atoms with Gasteiger partial charge in [0.2, 0.25) is 5.91 Å². The van der Waals surface area contributed by atoms with Gasteiger partial charge in [0.15, 0.2) is 11.0 Å². The molecule has 3 rings (SSSR count). The van der Waals surface area contributed by atoms with E-state index in [0.29, 0.717) is 39.9 Å². The lowest BCUT2D eigenvalue weighted by atomic mass is 10.2. The van der Waals surface area contributed by atoms with Gasteiger partial charge in [-0.2, -0.15) is 0 Å². The van der Waals surface area contributed by atoms with Gasteiger partial charge in [-0.3, -0.25) is 4.79 Å². The van der Waals surface area contributed by atoms with Crippen molar-refractivity contribution in [1.29, 1.82) is 0 Å². The van der Waals surface area contributed by atoms with Gasteiger partial charge in [-0.1, -0.05) is 35.0 Å². The number of rotatable bonds is 7. The van der Waals surface area contributed by atoms with Crippen molar-refractivity contribution in [1.82, 2.24) is 20.1 Å². The first-order valence-electron chi connectivity index (χ1n) is 7.89. The highest BCUT2D eigenvalue weighted by molar-refractivity contribution is 7.99. The molecule has 0 radical (unpaired) electrons. The van der Waals surface area contributed by atoms with E-state index in [9.17, 15) is 4.79 Å². The Labute approximate surface area is 164 Å². The number of benzene rings is 1. The lowest BCUT2D eigenvalue weighted by Gasteiger charge is -2.08. The van der Waals surface area contributed by atoms with Crippen LogP contribution in [0.25, 0.3) is 11.4 Å². The molecule has 0 aliphatic heterocycles. The van der Waals surface area contributed by atoms with Gasteiger partial charge in [0.25, 0.3) is 0 Å². The Morgan fingerprint density at radius 2 is 2.12 bits per heavy atom. The number of hydrogen-bond acceptors (Lipinski definition) is 5. The summed E-state index contributed by atoms with van der Waals surface area (Å²) in [6, 6.07) is 8.91. The molecule has 0 unspecified atom stereocenters. The minimum absolute atomic E-state index is 0.104. The van der Waals surface area contributed by atoms with E-state index in [1.807, 2.05) is 23.6 Å². The van der Waals surface area contributed by atoms with Crippen LogP contribution < -0.4 is 5.32 Å². The predicted octanol–water partition coefficient (Wildman–Crippen LogP) is 4.27. The van der Waals surface area contributed by atoms with E-state index in [4.69, 9.17) is 27.6 Å². The fraction of sp³-hybridized carbons (Fsp3) is 0.235. The van der Waals surface area contributed by atoms with E-state index in [0.717, 1.165) is 5.56 Å². The fourth-order valence-electron chi connectivity index (χ4n) is 2.31. The number of hydrogen-bond donors (Lipinski definition) is 1. The van der Waals surface area contributed by atoms with Crippen LogP contribution in [0.2, 0.25) is 10.0 Å². The van der Waals surface area contributed by atoms with Gasteiger partial charge in [0.1, 0.15) is 5.76 Å². The molecule has 0 saturated heterocycles. The standard InChI is InChI=1S/C17H16Cl2N4O2S/c1-2-23-16(11-5-6-13(18)14(19)8-11)21-22-17(23)26-10-15(24)20-9-12-4-3-7-25-12/h3-8H,2,9-10H2,1H3,(H,20,24). The van der Waals surface area contributed by atoms with Crippen molar-refractivity contribution < 1.29 is 9.21 Å². The number of nitrogens with one attached hydrogen (secondary N) is 1. The van der Waals surface area contributed by atoms with E-state index in [-0.39, 0.29) is 11.7 Å². The highest BCUT2D eigenvalue weighted by Crippen LogP contribution is 2.29. The van der Waals surface area contributed by atoms with Crippen molar-refractivity contribution in [2.45, 2.75) is 25.2 Å². The number of aromatic nitrogens is 3. The van der Waals surface area contributed by atoms with Crippen LogP contribution in [0.15, 0.2) is 46.2 Å². The summed E-state index contributed by atoms with van der Waals surface area (Å²) in [5, 5.41) is 12.9. The van der Waals surface area contributed by atoms with Crippen molar-refractivity contribution >= 4 is 40.9 Å². The van der Waals surface area contributed by atoms with Gasteiger partial charge in [-0.05, 0) is 37.3 Å². The Morgan fingerprint density at radius 3 is 2.81 bits per heavy atom. The summed E-state index contributed by atoms with van der Waals surface area (Å²) >= 11 is 13.4. The van der Waals surface area contributed by atoms with Crippen LogP contribution in [-0.2, 0) is 17.9 Å². The zero-order valence-corrected chi connectivity index (χ0v) is 16.2. The van der Waals surface area contributed by atoms with Gasteiger partial charge in [0, 0.05) is 12.1 Å². The average molecular weight is 411 g/mol. The van der Waals surface area contributed by atoms with Crippen LogP contribution in [-0.4, -0.2) is 26.4 Å². The van der Waals surface area contributed by atoms with Gasteiger partial charge >= 0.3 is 0 Å². The third-order valence-corrected chi connectivity index (χ3v) is 5.29. The minimum Gasteiger partial charge on any atom is -0.467 e. The molecule has 0 bridgehead atoms. The molecule has 2 aromatic heterocycles. The molecule has 1 aromatic carbocycles. The summed E-state index contributed by atoms with van der Waals surface area (Å²) in [6.45, 7) is 3.02. The third-order valence-electron chi connectivity index (χ3n) is 3.58. The second-order valence-corrected chi connectivity index (χ2v) is 7.08. The van der Waals surface area contributed by atoms with Gasteiger partial charge in [-0.25, -0.2) is 0 Å². The summed E-state index contributed by atoms with van der Waals surface area (Å²) in [6.07, 6.45) is 1.57. The summed E-state index contributed by atoms with van der Waals surface area (Å²) in [5.41, 5.74) is 0.822.